The highest BCUT2D eigenvalue weighted by Crippen LogP contribution is 2.15. The normalized spacial score (nSPS) is 15.3. The quantitative estimate of drug-likeness (QED) is 0.820. The van der Waals surface area contributed by atoms with Crippen LogP contribution >= 0.6 is 11.6 Å². The van der Waals surface area contributed by atoms with Gasteiger partial charge in [0.05, 0.1) is 5.75 Å². The van der Waals surface area contributed by atoms with Gasteiger partial charge in [-0.15, -0.1) is 11.6 Å². The van der Waals surface area contributed by atoms with E-state index < -0.39 is 16.1 Å². The molecule has 1 rings (SSSR count). The monoisotopic (exact) mass is 293 g/mol. The molecule has 102 valence electrons. The topological polar surface area (TPSA) is 46.2 Å². The molecule has 0 aromatic heterocycles. The fourth-order valence-electron chi connectivity index (χ4n) is 1.56. The number of halogens is 2. The van der Waals surface area contributed by atoms with Crippen molar-refractivity contribution in [2.75, 3.05) is 11.6 Å². The zero-order chi connectivity index (χ0) is 13.8. The summed E-state index contributed by atoms with van der Waals surface area (Å²) in [5.41, 5.74) is 0.721. The van der Waals surface area contributed by atoms with Crippen molar-refractivity contribution in [2.45, 2.75) is 19.9 Å². The average Bonchev–Trinajstić information content (AvgIpc) is 2.28. The highest BCUT2D eigenvalue weighted by molar-refractivity contribution is 7.89. The standard InChI is InChI=1S/C12H17ClFNO2S/c1-9(7-13)8-18(16,17)15-10(2)11-3-5-12(14)6-4-11/h3-6,9-10,15H,7-8H2,1-2H3. The van der Waals surface area contributed by atoms with E-state index in [9.17, 15) is 12.8 Å². The number of rotatable bonds is 6. The van der Waals surface area contributed by atoms with Crippen LogP contribution in [0, 0.1) is 11.7 Å². The van der Waals surface area contributed by atoms with Crippen LogP contribution in [0.4, 0.5) is 4.39 Å². The van der Waals surface area contributed by atoms with E-state index in [0.29, 0.717) is 5.88 Å². The Morgan fingerprint density at radius 3 is 2.33 bits per heavy atom. The van der Waals surface area contributed by atoms with E-state index in [-0.39, 0.29) is 17.5 Å². The van der Waals surface area contributed by atoms with E-state index in [2.05, 4.69) is 4.72 Å². The van der Waals surface area contributed by atoms with Gasteiger partial charge in [0.1, 0.15) is 5.82 Å². The minimum Gasteiger partial charge on any atom is -0.212 e. The molecule has 0 saturated heterocycles. The number of nitrogens with one attached hydrogen (secondary N) is 1. The number of benzene rings is 1. The summed E-state index contributed by atoms with van der Waals surface area (Å²) < 4.78 is 38.9. The summed E-state index contributed by atoms with van der Waals surface area (Å²) in [6.45, 7) is 3.49. The number of hydrogen-bond donors (Lipinski definition) is 1. The van der Waals surface area contributed by atoms with Crippen LogP contribution in [-0.4, -0.2) is 20.1 Å². The predicted octanol–water partition coefficient (Wildman–Crippen LogP) is 2.68. The zero-order valence-corrected chi connectivity index (χ0v) is 11.9. The molecule has 3 nitrogen and oxygen atoms in total. The van der Waals surface area contributed by atoms with Gasteiger partial charge in [0.25, 0.3) is 0 Å². The lowest BCUT2D eigenvalue weighted by molar-refractivity contribution is 0.555. The fourth-order valence-corrected chi connectivity index (χ4v) is 3.43. The van der Waals surface area contributed by atoms with Crippen LogP contribution in [0.2, 0.25) is 0 Å². The summed E-state index contributed by atoms with van der Waals surface area (Å²) in [6, 6.07) is 5.35. The molecule has 2 unspecified atom stereocenters. The summed E-state index contributed by atoms with van der Waals surface area (Å²) in [5, 5.41) is 0. The highest BCUT2D eigenvalue weighted by Gasteiger charge is 2.18. The summed E-state index contributed by atoms with van der Waals surface area (Å²) in [5.74, 6) is -0.164. The molecule has 0 aliphatic carbocycles. The minimum atomic E-state index is -3.38. The first-order valence-electron chi connectivity index (χ1n) is 5.65. The molecule has 2 atom stereocenters. The van der Waals surface area contributed by atoms with Crippen molar-refractivity contribution in [2.24, 2.45) is 5.92 Å². The van der Waals surface area contributed by atoms with Crippen LogP contribution < -0.4 is 4.72 Å². The Kier molecular flexibility index (Phi) is 5.56. The zero-order valence-electron chi connectivity index (χ0n) is 10.4. The van der Waals surface area contributed by atoms with Crippen LogP contribution in [0.1, 0.15) is 25.5 Å². The third kappa shape index (κ3) is 4.92. The lowest BCUT2D eigenvalue weighted by Crippen LogP contribution is -2.31. The van der Waals surface area contributed by atoms with E-state index in [4.69, 9.17) is 11.6 Å². The van der Waals surface area contributed by atoms with Gasteiger partial charge >= 0.3 is 0 Å². The van der Waals surface area contributed by atoms with Crippen molar-refractivity contribution in [3.8, 4) is 0 Å². The summed E-state index contributed by atoms with van der Waals surface area (Å²) in [6.07, 6.45) is 0. The summed E-state index contributed by atoms with van der Waals surface area (Å²) >= 11 is 5.60. The number of sulfonamides is 1. The maximum absolute atomic E-state index is 12.8. The van der Waals surface area contributed by atoms with Gasteiger partial charge in [0.15, 0.2) is 0 Å². The van der Waals surface area contributed by atoms with Gasteiger partial charge in [-0.25, -0.2) is 17.5 Å². The Morgan fingerprint density at radius 2 is 1.83 bits per heavy atom. The van der Waals surface area contributed by atoms with Crippen molar-refractivity contribution in [1.82, 2.24) is 4.72 Å². The second-order valence-electron chi connectivity index (χ2n) is 4.43. The molecule has 1 aromatic carbocycles. The Hall–Kier alpha value is -0.650. The van der Waals surface area contributed by atoms with Gasteiger partial charge in [-0.3, -0.25) is 0 Å². The Balaban J connectivity index is 2.69. The molecular formula is C12H17ClFNO2S. The van der Waals surface area contributed by atoms with Crippen molar-refractivity contribution in [3.63, 3.8) is 0 Å². The highest BCUT2D eigenvalue weighted by atomic mass is 35.5. The van der Waals surface area contributed by atoms with Gasteiger partial charge in [-0.2, -0.15) is 0 Å². The molecular weight excluding hydrogens is 277 g/mol. The van der Waals surface area contributed by atoms with Crippen LogP contribution in [-0.2, 0) is 10.0 Å². The smallest absolute Gasteiger partial charge is 0.212 e. The third-order valence-corrected chi connectivity index (χ3v) is 4.74. The van der Waals surface area contributed by atoms with Crippen molar-refractivity contribution in [1.29, 1.82) is 0 Å². The molecule has 6 heteroatoms. The molecule has 1 N–H and O–H groups in total. The molecule has 0 aliphatic rings. The first-order valence-corrected chi connectivity index (χ1v) is 7.84. The van der Waals surface area contributed by atoms with Gasteiger partial charge < -0.3 is 0 Å². The largest absolute Gasteiger partial charge is 0.212 e. The molecule has 1 aromatic rings. The van der Waals surface area contributed by atoms with Gasteiger partial charge in [-0.1, -0.05) is 19.1 Å². The van der Waals surface area contributed by atoms with Crippen molar-refractivity contribution >= 4 is 21.6 Å². The fraction of sp³-hybridized carbons (Fsp3) is 0.500. The summed E-state index contributed by atoms with van der Waals surface area (Å²) in [4.78, 5) is 0. The minimum absolute atomic E-state index is 0.0119. The van der Waals surface area contributed by atoms with Gasteiger partial charge in [0.2, 0.25) is 10.0 Å². The molecule has 0 amide bonds. The Morgan fingerprint density at radius 1 is 1.28 bits per heavy atom. The molecule has 0 bridgehead atoms. The Labute approximate surface area is 112 Å². The van der Waals surface area contributed by atoms with Gasteiger partial charge in [-0.05, 0) is 30.5 Å². The van der Waals surface area contributed by atoms with Gasteiger partial charge in [0, 0.05) is 11.9 Å². The average molecular weight is 294 g/mol. The third-order valence-electron chi connectivity index (χ3n) is 2.49. The lowest BCUT2D eigenvalue weighted by atomic mass is 10.1. The van der Waals surface area contributed by atoms with E-state index in [1.165, 1.54) is 12.1 Å². The molecule has 0 radical (unpaired) electrons. The molecule has 0 saturated carbocycles. The Bertz CT molecular complexity index is 475. The predicted molar refractivity (Wildman–Crippen MR) is 71.6 cm³/mol. The van der Waals surface area contributed by atoms with Crippen LogP contribution in [0.3, 0.4) is 0 Å². The lowest BCUT2D eigenvalue weighted by Gasteiger charge is -2.16. The van der Waals surface area contributed by atoms with Crippen LogP contribution in [0.25, 0.3) is 0 Å². The van der Waals surface area contributed by atoms with Crippen molar-refractivity contribution < 1.29 is 12.8 Å². The molecule has 0 aliphatic heterocycles. The SMILES string of the molecule is CC(CCl)CS(=O)(=O)NC(C)c1ccc(F)cc1. The molecule has 0 heterocycles. The maximum atomic E-state index is 12.8. The number of alkyl halides is 1. The van der Waals surface area contributed by atoms with E-state index >= 15 is 0 Å². The molecule has 18 heavy (non-hydrogen) atoms. The van der Waals surface area contributed by atoms with E-state index in [1.54, 1.807) is 26.0 Å². The first-order chi connectivity index (χ1) is 8.34. The summed E-state index contributed by atoms with van der Waals surface area (Å²) in [7, 11) is -3.38. The van der Waals surface area contributed by atoms with Crippen LogP contribution in [0.5, 0.6) is 0 Å². The van der Waals surface area contributed by atoms with E-state index in [1.807, 2.05) is 0 Å². The molecule has 0 fully saturated rings. The maximum Gasteiger partial charge on any atom is 0.212 e. The van der Waals surface area contributed by atoms with Crippen LogP contribution in [0.15, 0.2) is 24.3 Å². The van der Waals surface area contributed by atoms with Crippen molar-refractivity contribution in [3.05, 3.63) is 35.6 Å². The number of hydrogen-bond acceptors (Lipinski definition) is 2. The second kappa shape index (κ2) is 6.50. The van der Waals surface area contributed by atoms with E-state index in [0.717, 1.165) is 5.56 Å². The molecule has 0 spiro atoms. The first kappa shape index (κ1) is 15.4. The second-order valence-corrected chi connectivity index (χ2v) is 6.54.